The molecule has 0 aliphatic rings. The Bertz CT molecular complexity index is 1420. The van der Waals surface area contributed by atoms with Crippen molar-refractivity contribution in [3.8, 4) is 0 Å². The van der Waals surface area contributed by atoms with E-state index in [1.54, 1.807) is 55.5 Å². The number of halogens is 1. The second kappa shape index (κ2) is 13.3. The maximum Gasteiger partial charge on any atom is 0.264 e. The molecule has 3 aromatic carbocycles. The van der Waals surface area contributed by atoms with Crippen LogP contribution in [0.5, 0.6) is 0 Å². The molecule has 0 saturated heterocycles. The van der Waals surface area contributed by atoms with Gasteiger partial charge in [0.05, 0.1) is 10.6 Å². The van der Waals surface area contributed by atoms with Gasteiger partial charge in [-0.25, -0.2) is 8.42 Å². The first-order valence-corrected chi connectivity index (χ1v) is 15.2. The van der Waals surface area contributed by atoms with E-state index in [-0.39, 0.29) is 29.3 Å². The molecule has 0 bridgehead atoms. The van der Waals surface area contributed by atoms with Crippen LogP contribution < -0.4 is 9.62 Å². The van der Waals surface area contributed by atoms with E-state index >= 15 is 0 Å². The van der Waals surface area contributed by atoms with E-state index in [0.29, 0.717) is 16.3 Å². The number of sulfonamides is 1. The second-order valence-corrected chi connectivity index (χ2v) is 12.8. The molecule has 0 aliphatic heterocycles. The third-order valence-corrected chi connectivity index (χ3v) is 8.79. The molecular formula is C31H38ClN3O4S. The third-order valence-electron chi connectivity index (χ3n) is 6.63. The van der Waals surface area contributed by atoms with Crippen molar-refractivity contribution >= 4 is 39.1 Å². The fourth-order valence-electron chi connectivity index (χ4n) is 4.19. The number of benzene rings is 3. The monoisotopic (exact) mass is 583 g/mol. The van der Waals surface area contributed by atoms with Crippen LogP contribution in [-0.2, 0) is 26.2 Å². The highest BCUT2D eigenvalue weighted by atomic mass is 35.5. The minimum absolute atomic E-state index is 0.0376. The van der Waals surface area contributed by atoms with Crippen LogP contribution in [0.2, 0.25) is 5.02 Å². The Morgan fingerprint density at radius 2 is 1.48 bits per heavy atom. The minimum Gasteiger partial charge on any atom is -0.352 e. The van der Waals surface area contributed by atoms with Gasteiger partial charge in [-0.2, -0.15) is 0 Å². The molecule has 0 heterocycles. The summed E-state index contributed by atoms with van der Waals surface area (Å²) in [5.74, 6) is -0.621. The van der Waals surface area contributed by atoms with Gasteiger partial charge in [0.1, 0.15) is 12.6 Å². The van der Waals surface area contributed by atoms with Crippen LogP contribution in [0.1, 0.15) is 57.2 Å². The Morgan fingerprint density at radius 1 is 0.875 bits per heavy atom. The largest absolute Gasteiger partial charge is 0.352 e. The molecule has 1 unspecified atom stereocenters. The van der Waals surface area contributed by atoms with Gasteiger partial charge in [0.2, 0.25) is 11.8 Å². The van der Waals surface area contributed by atoms with Gasteiger partial charge in [0.15, 0.2) is 0 Å². The number of aryl methyl sites for hydroxylation is 1. The fraction of sp³-hybridized carbons (Fsp3) is 0.355. The normalized spacial score (nSPS) is 12.3. The molecule has 1 N–H and O–H groups in total. The summed E-state index contributed by atoms with van der Waals surface area (Å²) in [4.78, 5) is 28.4. The lowest BCUT2D eigenvalue weighted by atomic mass is 10.0. The molecule has 3 aromatic rings. The summed E-state index contributed by atoms with van der Waals surface area (Å²) in [7, 11) is -4.12. The molecule has 0 saturated carbocycles. The number of anilines is 1. The molecule has 7 nitrogen and oxygen atoms in total. The van der Waals surface area contributed by atoms with Crippen LogP contribution in [0.3, 0.4) is 0 Å². The Kier molecular flexibility index (Phi) is 10.4. The zero-order chi connectivity index (χ0) is 29.6. The van der Waals surface area contributed by atoms with E-state index in [9.17, 15) is 18.0 Å². The van der Waals surface area contributed by atoms with E-state index in [4.69, 9.17) is 11.6 Å². The van der Waals surface area contributed by atoms with Crippen molar-refractivity contribution in [2.45, 2.75) is 71.0 Å². The first-order chi connectivity index (χ1) is 18.8. The molecule has 2 amide bonds. The molecule has 3 rings (SSSR count). The van der Waals surface area contributed by atoms with Crippen molar-refractivity contribution in [1.82, 2.24) is 10.2 Å². The zero-order valence-corrected chi connectivity index (χ0v) is 25.5. The summed E-state index contributed by atoms with van der Waals surface area (Å²) in [6.07, 6.45) is 0. The molecule has 214 valence electrons. The topological polar surface area (TPSA) is 86.8 Å². The molecule has 1 atom stereocenters. The van der Waals surface area contributed by atoms with E-state index in [2.05, 4.69) is 19.2 Å². The van der Waals surface area contributed by atoms with Gasteiger partial charge < -0.3 is 10.2 Å². The fourth-order valence-corrected chi connectivity index (χ4v) is 5.80. The predicted molar refractivity (Wildman–Crippen MR) is 161 cm³/mol. The van der Waals surface area contributed by atoms with Crippen LogP contribution in [0, 0.1) is 6.92 Å². The van der Waals surface area contributed by atoms with Gasteiger partial charge in [-0.3, -0.25) is 13.9 Å². The van der Waals surface area contributed by atoms with Crippen LogP contribution >= 0.6 is 11.6 Å². The molecule has 0 fully saturated rings. The Morgan fingerprint density at radius 3 is 2.02 bits per heavy atom. The number of carbonyl (C=O) groups excluding carboxylic acids is 2. The smallest absolute Gasteiger partial charge is 0.264 e. The predicted octanol–water partition coefficient (Wildman–Crippen LogP) is 5.91. The lowest BCUT2D eigenvalue weighted by molar-refractivity contribution is -0.139. The van der Waals surface area contributed by atoms with Crippen LogP contribution in [-0.4, -0.2) is 43.8 Å². The molecule has 0 spiro atoms. The van der Waals surface area contributed by atoms with Gasteiger partial charge >= 0.3 is 0 Å². The molecule has 0 radical (unpaired) electrons. The molecule has 9 heteroatoms. The van der Waals surface area contributed by atoms with Crippen LogP contribution in [0.15, 0.2) is 77.7 Å². The van der Waals surface area contributed by atoms with Gasteiger partial charge in [0.25, 0.3) is 10.0 Å². The van der Waals surface area contributed by atoms with E-state index in [0.717, 1.165) is 15.4 Å². The standard InChI is InChI=1S/C31H38ClN3O4S/c1-21(2)25-13-15-27(16-14-25)35(40(38,39)28-17-11-23(5)12-18-28)20-30(36)34(24(6)31(37)33-22(3)4)19-26-9-7-8-10-29(26)32/h7-18,21-22,24H,19-20H2,1-6H3,(H,33,37). The lowest BCUT2D eigenvalue weighted by Crippen LogP contribution is -2.52. The summed E-state index contributed by atoms with van der Waals surface area (Å²) in [6, 6.07) is 19.7. The van der Waals surface area contributed by atoms with Crippen molar-refractivity contribution < 1.29 is 18.0 Å². The molecule has 40 heavy (non-hydrogen) atoms. The van der Waals surface area contributed by atoms with E-state index in [1.165, 1.54) is 17.0 Å². The number of amides is 2. The quantitative estimate of drug-likeness (QED) is 0.304. The highest BCUT2D eigenvalue weighted by molar-refractivity contribution is 7.92. The number of carbonyl (C=O) groups is 2. The van der Waals surface area contributed by atoms with Crippen molar-refractivity contribution in [3.63, 3.8) is 0 Å². The summed E-state index contributed by atoms with van der Waals surface area (Å²) < 4.78 is 29.0. The second-order valence-electron chi connectivity index (χ2n) is 10.5. The number of nitrogens with zero attached hydrogens (tertiary/aromatic N) is 2. The maximum atomic E-state index is 14.0. The van der Waals surface area contributed by atoms with Crippen molar-refractivity contribution in [2.24, 2.45) is 0 Å². The summed E-state index contributed by atoms with van der Waals surface area (Å²) in [5, 5.41) is 3.29. The SMILES string of the molecule is Cc1ccc(S(=O)(=O)N(CC(=O)N(Cc2ccccc2Cl)C(C)C(=O)NC(C)C)c2ccc(C(C)C)cc2)cc1. The van der Waals surface area contributed by atoms with Crippen molar-refractivity contribution in [3.05, 3.63) is 94.5 Å². The van der Waals surface area contributed by atoms with Crippen molar-refractivity contribution in [1.29, 1.82) is 0 Å². The van der Waals surface area contributed by atoms with Crippen LogP contribution in [0.4, 0.5) is 5.69 Å². The first-order valence-electron chi connectivity index (χ1n) is 13.3. The Balaban J connectivity index is 2.06. The Labute approximate surface area is 243 Å². The highest BCUT2D eigenvalue weighted by Gasteiger charge is 2.33. The van der Waals surface area contributed by atoms with Gasteiger partial charge in [0, 0.05) is 17.6 Å². The summed E-state index contributed by atoms with van der Waals surface area (Å²) in [5.41, 5.74) is 2.96. The average Bonchev–Trinajstić information content (AvgIpc) is 2.90. The minimum atomic E-state index is -4.12. The van der Waals surface area contributed by atoms with E-state index < -0.39 is 28.5 Å². The third kappa shape index (κ3) is 7.64. The first kappa shape index (κ1) is 31.2. The number of nitrogens with one attached hydrogen (secondary N) is 1. The van der Waals surface area contributed by atoms with E-state index in [1.807, 2.05) is 32.9 Å². The van der Waals surface area contributed by atoms with Crippen molar-refractivity contribution in [2.75, 3.05) is 10.8 Å². The number of hydrogen-bond donors (Lipinski definition) is 1. The Hall–Kier alpha value is -3.36. The maximum absolute atomic E-state index is 14.0. The summed E-state index contributed by atoms with van der Waals surface area (Å²) >= 11 is 6.40. The zero-order valence-electron chi connectivity index (χ0n) is 23.9. The number of rotatable bonds is 11. The number of hydrogen-bond acceptors (Lipinski definition) is 4. The van der Waals surface area contributed by atoms with Crippen LogP contribution in [0.25, 0.3) is 0 Å². The lowest BCUT2D eigenvalue weighted by Gasteiger charge is -2.32. The van der Waals surface area contributed by atoms with Gasteiger partial charge in [-0.15, -0.1) is 0 Å². The summed E-state index contributed by atoms with van der Waals surface area (Å²) in [6.45, 7) is 10.8. The average molecular weight is 584 g/mol. The van der Waals surface area contributed by atoms with Gasteiger partial charge in [-0.05, 0) is 75.1 Å². The highest BCUT2D eigenvalue weighted by Crippen LogP contribution is 2.27. The molecular weight excluding hydrogens is 546 g/mol. The molecule has 0 aliphatic carbocycles. The van der Waals surface area contributed by atoms with Gasteiger partial charge in [-0.1, -0.05) is 73.5 Å². The molecule has 0 aromatic heterocycles.